The van der Waals surface area contributed by atoms with E-state index >= 15 is 0 Å². The first-order valence-electron chi connectivity index (χ1n) is 5.88. The molecule has 1 amide bonds. The van der Waals surface area contributed by atoms with Crippen LogP contribution in [0.1, 0.15) is 12.0 Å². The Morgan fingerprint density at radius 3 is 2.72 bits per heavy atom. The normalized spacial score (nSPS) is 18.6. The maximum absolute atomic E-state index is 11.7. The van der Waals surface area contributed by atoms with Gasteiger partial charge in [-0.1, -0.05) is 12.1 Å². The molecule has 1 saturated heterocycles. The average molecular weight is 249 g/mol. The number of nitrogens with zero attached hydrogens (tertiary/aromatic N) is 1. The Morgan fingerprint density at radius 2 is 2.17 bits per heavy atom. The van der Waals surface area contributed by atoms with E-state index in [0.29, 0.717) is 6.54 Å². The molecule has 1 fully saturated rings. The number of nitrogens with one attached hydrogen (secondary N) is 2. The van der Waals surface area contributed by atoms with Crippen LogP contribution in [0.4, 0.5) is 5.69 Å². The molecule has 0 aromatic heterocycles. The Labute approximate surface area is 105 Å². The smallest absolute Gasteiger partial charge is 0.269 e. The van der Waals surface area contributed by atoms with Crippen LogP contribution in [0, 0.1) is 16.0 Å². The highest BCUT2D eigenvalue weighted by atomic mass is 16.6. The standard InChI is InChI=1S/C12H15N3O3/c16-12(10-5-6-13-8-10)14-7-9-1-3-11(4-2-9)15(17)18/h1-4,10,13H,5-8H2,(H,14,16). The van der Waals surface area contributed by atoms with E-state index in [1.165, 1.54) is 12.1 Å². The van der Waals surface area contributed by atoms with Gasteiger partial charge in [0, 0.05) is 25.2 Å². The number of carbonyl (C=O) groups is 1. The number of nitro groups is 1. The number of benzene rings is 1. The summed E-state index contributed by atoms with van der Waals surface area (Å²) in [7, 11) is 0. The number of rotatable bonds is 4. The molecule has 6 heteroatoms. The first-order valence-corrected chi connectivity index (χ1v) is 5.88. The van der Waals surface area contributed by atoms with E-state index in [2.05, 4.69) is 10.6 Å². The molecule has 2 N–H and O–H groups in total. The lowest BCUT2D eigenvalue weighted by Crippen LogP contribution is -2.31. The molecule has 18 heavy (non-hydrogen) atoms. The topological polar surface area (TPSA) is 84.3 Å². The molecule has 96 valence electrons. The second-order valence-corrected chi connectivity index (χ2v) is 4.33. The molecule has 0 aliphatic carbocycles. The third-order valence-electron chi connectivity index (χ3n) is 3.05. The zero-order chi connectivity index (χ0) is 13.0. The number of amides is 1. The number of nitro benzene ring substituents is 1. The van der Waals surface area contributed by atoms with Gasteiger partial charge in [0.1, 0.15) is 0 Å². The summed E-state index contributed by atoms with van der Waals surface area (Å²) in [4.78, 5) is 21.8. The van der Waals surface area contributed by atoms with E-state index in [4.69, 9.17) is 0 Å². The summed E-state index contributed by atoms with van der Waals surface area (Å²) < 4.78 is 0. The van der Waals surface area contributed by atoms with Gasteiger partial charge in [-0.3, -0.25) is 14.9 Å². The highest BCUT2D eigenvalue weighted by Crippen LogP contribution is 2.12. The van der Waals surface area contributed by atoms with Crippen molar-refractivity contribution in [3.63, 3.8) is 0 Å². The Bertz CT molecular complexity index is 438. The van der Waals surface area contributed by atoms with E-state index < -0.39 is 4.92 Å². The van der Waals surface area contributed by atoms with Crippen LogP contribution in [0.25, 0.3) is 0 Å². The summed E-state index contributed by atoms with van der Waals surface area (Å²) in [6, 6.07) is 6.20. The first-order chi connectivity index (χ1) is 8.66. The number of carbonyl (C=O) groups excluding carboxylic acids is 1. The van der Waals surface area contributed by atoms with Crippen molar-refractivity contribution in [3.8, 4) is 0 Å². The van der Waals surface area contributed by atoms with Gasteiger partial charge in [0.15, 0.2) is 0 Å². The van der Waals surface area contributed by atoms with Gasteiger partial charge in [-0.15, -0.1) is 0 Å². The molecule has 1 aliphatic heterocycles. The zero-order valence-electron chi connectivity index (χ0n) is 9.89. The van der Waals surface area contributed by atoms with Crippen molar-refractivity contribution in [3.05, 3.63) is 39.9 Å². The van der Waals surface area contributed by atoms with Gasteiger partial charge < -0.3 is 10.6 Å². The van der Waals surface area contributed by atoms with E-state index in [-0.39, 0.29) is 17.5 Å². The fourth-order valence-corrected chi connectivity index (χ4v) is 1.95. The number of non-ortho nitro benzene ring substituents is 1. The van der Waals surface area contributed by atoms with Crippen molar-refractivity contribution >= 4 is 11.6 Å². The van der Waals surface area contributed by atoms with E-state index in [9.17, 15) is 14.9 Å². The maximum Gasteiger partial charge on any atom is 0.269 e. The summed E-state index contributed by atoms with van der Waals surface area (Å²) in [5.41, 5.74) is 0.921. The Hall–Kier alpha value is -1.95. The quantitative estimate of drug-likeness (QED) is 0.611. The molecule has 0 radical (unpaired) electrons. The van der Waals surface area contributed by atoms with Crippen molar-refractivity contribution in [1.29, 1.82) is 0 Å². The molecule has 0 bridgehead atoms. The second kappa shape index (κ2) is 5.59. The summed E-state index contributed by atoms with van der Waals surface area (Å²) >= 11 is 0. The van der Waals surface area contributed by atoms with Crippen molar-refractivity contribution in [2.75, 3.05) is 13.1 Å². The third-order valence-corrected chi connectivity index (χ3v) is 3.05. The molecular weight excluding hydrogens is 234 g/mol. The van der Waals surface area contributed by atoms with Gasteiger partial charge >= 0.3 is 0 Å². The molecule has 1 aromatic rings. The van der Waals surface area contributed by atoms with E-state index in [0.717, 1.165) is 25.1 Å². The third kappa shape index (κ3) is 3.04. The molecule has 1 atom stereocenters. The molecular formula is C12H15N3O3. The Balaban J connectivity index is 1.86. The molecule has 0 spiro atoms. The molecule has 1 heterocycles. The van der Waals surface area contributed by atoms with Gasteiger partial charge in [0.05, 0.1) is 10.8 Å². The average Bonchev–Trinajstić information content (AvgIpc) is 2.90. The minimum Gasteiger partial charge on any atom is -0.352 e. The zero-order valence-corrected chi connectivity index (χ0v) is 9.89. The lowest BCUT2D eigenvalue weighted by molar-refractivity contribution is -0.384. The van der Waals surface area contributed by atoms with Crippen LogP contribution in [-0.2, 0) is 11.3 Å². The van der Waals surface area contributed by atoms with Crippen LogP contribution in [-0.4, -0.2) is 23.9 Å². The van der Waals surface area contributed by atoms with Crippen molar-refractivity contribution in [2.24, 2.45) is 5.92 Å². The first kappa shape index (κ1) is 12.5. The van der Waals surface area contributed by atoms with Crippen LogP contribution < -0.4 is 10.6 Å². The van der Waals surface area contributed by atoms with Crippen LogP contribution >= 0.6 is 0 Å². The minimum atomic E-state index is -0.438. The fourth-order valence-electron chi connectivity index (χ4n) is 1.95. The Morgan fingerprint density at radius 1 is 1.44 bits per heavy atom. The van der Waals surface area contributed by atoms with E-state index in [1.54, 1.807) is 12.1 Å². The van der Waals surface area contributed by atoms with Gasteiger partial charge in [-0.25, -0.2) is 0 Å². The van der Waals surface area contributed by atoms with E-state index in [1.807, 2.05) is 0 Å². The number of hydrogen-bond donors (Lipinski definition) is 2. The SMILES string of the molecule is O=C(NCc1ccc([N+](=O)[O-])cc1)C1CCNC1. The summed E-state index contributed by atoms with van der Waals surface area (Å²) in [6.45, 7) is 2.02. The second-order valence-electron chi connectivity index (χ2n) is 4.33. The summed E-state index contributed by atoms with van der Waals surface area (Å²) in [5.74, 6) is 0.0846. The van der Waals surface area contributed by atoms with Gasteiger partial charge in [-0.2, -0.15) is 0 Å². The molecule has 2 rings (SSSR count). The predicted molar refractivity (Wildman–Crippen MR) is 65.9 cm³/mol. The highest BCUT2D eigenvalue weighted by Gasteiger charge is 2.21. The summed E-state index contributed by atoms with van der Waals surface area (Å²) in [6.07, 6.45) is 0.867. The predicted octanol–water partition coefficient (Wildman–Crippen LogP) is 0.820. The maximum atomic E-state index is 11.7. The van der Waals surface area contributed by atoms with Crippen LogP contribution in [0.5, 0.6) is 0 Å². The Kier molecular flexibility index (Phi) is 3.88. The van der Waals surface area contributed by atoms with Crippen LogP contribution in [0.15, 0.2) is 24.3 Å². The van der Waals surface area contributed by atoms with Crippen LogP contribution in [0.3, 0.4) is 0 Å². The highest BCUT2D eigenvalue weighted by molar-refractivity contribution is 5.79. The van der Waals surface area contributed by atoms with Crippen molar-refractivity contribution in [1.82, 2.24) is 10.6 Å². The lowest BCUT2D eigenvalue weighted by Gasteiger charge is -2.09. The van der Waals surface area contributed by atoms with Crippen LogP contribution in [0.2, 0.25) is 0 Å². The summed E-state index contributed by atoms with van der Waals surface area (Å²) in [5, 5.41) is 16.5. The van der Waals surface area contributed by atoms with Gasteiger partial charge in [0.25, 0.3) is 5.69 Å². The number of hydrogen-bond acceptors (Lipinski definition) is 4. The molecule has 6 nitrogen and oxygen atoms in total. The minimum absolute atomic E-state index is 0.0401. The monoisotopic (exact) mass is 249 g/mol. The molecule has 1 aliphatic rings. The van der Waals surface area contributed by atoms with Crippen molar-refractivity contribution < 1.29 is 9.72 Å². The fraction of sp³-hybridized carbons (Fsp3) is 0.417. The molecule has 0 saturated carbocycles. The van der Waals surface area contributed by atoms with Gasteiger partial charge in [0.2, 0.25) is 5.91 Å². The van der Waals surface area contributed by atoms with Crippen molar-refractivity contribution in [2.45, 2.75) is 13.0 Å². The van der Waals surface area contributed by atoms with Gasteiger partial charge in [-0.05, 0) is 18.5 Å². The lowest BCUT2D eigenvalue weighted by atomic mass is 10.1. The molecule has 1 aromatic carbocycles. The largest absolute Gasteiger partial charge is 0.352 e. The molecule has 1 unspecified atom stereocenters.